The van der Waals surface area contributed by atoms with Gasteiger partial charge in [0.15, 0.2) is 10.6 Å². The van der Waals surface area contributed by atoms with Gasteiger partial charge in [0.25, 0.3) is 0 Å². The van der Waals surface area contributed by atoms with Crippen molar-refractivity contribution in [3.63, 3.8) is 0 Å². The largest absolute Gasteiger partial charge is 0.378 e. The number of hydrogen-bond donors (Lipinski definition) is 0. The molecular weight excluding hydrogens is 341 g/mol. The molecule has 118 valence electrons. The maximum Gasteiger partial charge on any atom is 0.225 e. The number of anilines is 1. The van der Waals surface area contributed by atoms with E-state index in [1.54, 1.807) is 6.07 Å². The van der Waals surface area contributed by atoms with Crippen LogP contribution in [-0.4, -0.2) is 46.2 Å². The molecule has 1 aliphatic heterocycles. The molecule has 0 bridgehead atoms. The van der Waals surface area contributed by atoms with Crippen LogP contribution in [-0.2, 0) is 4.74 Å². The van der Waals surface area contributed by atoms with Gasteiger partial charge in [0, 0.05) is 24.8 Å². The summed E-state index contributed by atoms with van der Waals surface area (Å²) >= 11 is 7.44. The number of aromatic nitrogens is 4. The minimum Gasteiger partial charge on any atom is -0.378 e. The predicted octanol–water partition coefficient (Wildman–Crippen LogP) is 2.78. The monoisotopic (exact) mass is 351 g/mol. The quantitative estimate of drug-likeness (QED) is 0.522. The van der Waals surface area contributed by atoms with Crippen LogP contribution in [0.25, 0.3) is 20.9 Å². The second-order valence-corrected chi connectivity index (χ2v) is 6.27. The van der Waals surface area contributed by atoms with E-state index in [0.717, 1.165) is 18.7 Å². The molecule has 0 saturated carbocycles. The zero-order valence-corrected chi connectivity index (χ0v) is 13.4. The van der Waals surface area contributed by atoms with Gasteiger partial charge in [-0.1, -0.05) is 11.3 Å². The lowest BCUT2D eigenvalue weighted by atomic mass is 10.3. The summed E-state index contributed by atoms with van der Waals surface area (Å²) < 4.78 is 18.3. The second-order valence-electron chi connectivity index (χ2n) is 4.96. The Kier molecular flexibility index (Phi) is 3.80. The average molecular weight is 352 g/mol. The highest BCUT2D eigenvalue weighted by atomic mass is 35.5. The van der Waals surface area contributed by atoms with Crippen LogP contribution in [0.5, 0.6) is 0 Å². The molecule has 9 heteroatoms. The summed E-state index contributed by atoms with van der Waals surface area (Å²) in [6.07, 6.45) is 1.45. The Hall–Kier alpha value is -1.90. The van der Waals surface area contributed by atoms with Gasteiger partial charge in [-0.3, -0.25) is 0 Å². The summed E-state index contributed by atoms with van der Waals surface area (Å²) in [7, 11) is 0. The van der Waals surface area contributed by atoms with Gasteiger partial charge in [-0.2, -0.15) is 9.37 Å². The molecule has 6 nitrogen and oxygen atoms in total. The highest BCUT2D eigenvalue weighted by Gasteiger charge is 2.20. The molecule has 1 aliphatic rings. The van der Waals surface area contributed by atoms with Gasteiger partial charge < -0.3 is 9.64 Å². The standard InChI is InChI=1S/C14H11ClFN5OS/c15-14-19-11(21-3-5-22-6-4-21)10-13(20-14)23-12(18-10)8-1-2-9(16)17-7-8/h1-2,7H,3-6H2. The van der Waals surface area contributed by atoms with E-state index < -0.39 is 5.95 Å². The maximum atomic E-state index is 13.0. The smallest absolute Gasteiger partial charge is 0.225 e. The summed E-state index contributed by atoms with van der Waals surface area (Å²) in [6.45, 7) is 2.74. The fourth-order valence-corrected chi connectivity index (χ4v) is 3.54. The van der Waals surface area contributed by atoms with Crippen molar-refractivity contribution in [1.29, 1.82) is 0 Å². The van der Waals surface area contributed by atoms with Crippen LogP contribution >= 0.6 is 22.9 Å². The molecule has 4 rings (SSSR count). The van der Waals surface area contributed by atoms with Crippen molar-refractivity contribution >= 4 is 39.1 Å². The number of rotatable bonds is 2. The summed E-state index contributed by atoms with van der Waals surface area (Å²) in [5.41, 5.74) is 1.43. The van der Waals surface area contributed by atoms with Crippen molar-refractivity contribution < 1.29 is 9.13 Å². The third-order valence-electron chi connectivity index (χ3n) is 3.50. The van der Waals surface area contributed by atoms with Crippen LogP contribution in [0, 0.1) is 5.95 Å². The Labute approximate surface area is 139 Å². The first-order valence-electron chi connectivity index (χ1n) is 6.99. The van der Waals surface area contributed by atoms with Gasteiger partial charge >= 0.3 is 0 Å². The Bertz CT molecular complexity index is 850. The lowest BCUT2D eigenvalue weighted by molar-refractivity contribution is 0.122. The Balaban J connectivity index is 1.82. The van der Waals surface area contributed by atoms with E-state index in [-0.39, 0.29) is 5.28 Å². The molecular formula is C14H11ClFN5OS. The maximum absolute atomic E-state index is 13.0. The molecule has 0 atom stereocenters. The SMILES string of the molecule is Fc1ccc(-c2nc3c(N4CCOCC4)nc(Cl)nc3s2)cn1. The number of pyridine rings is 1. The predicted molar refractivity (Wildman–Crippen MR) is 86.4 cm³/mol. The number of fused-ring (bicyclic) bond motifs is 1. The van der Waals surface area contributed by atoms with Crippen LogP contribution < -0.4 is 4.90 Å². The first kappa shape index (κ1) is 14.7. The zero-order valence-electron chi connectivity index (χ0n) is 11.9. The average Bonchev–Trinajstić information content (AvgIpc) is 2.99. The van der Waals surface area contributed by atoms with Gasteiger partial charge in [0.2, 0.25) is 11.2 Å². The molecule has 0 N–H and O–H groups in total. The van der Waals surface area contributed by atoms with E-state index in [0.29, 0.717) is 34.4 Å². The van der Waals surface area contributed by atoms with Crippen LogP contribution in [0.3, 0.4) is 0 Å². The number of nitrogens with zero attached hydrogens (tertiary/aromatic N) is 5. The van der Waals surface area contributed by atoms with Crippen molar-refractivity contribution in [1.82, 2.24) is 19.9 Å². The first-order chi connectivity index (χ1) is 11.2. The van der Waals surface area contributed by atoms with Crippen molar-refractivity contribution in [2.75, 3.05) is 31.2 Å². The third-order valence-corrected chi connectivity index (χ3v) is 4.67. The molecule has 4 heterocycles. The van der Waals surface area contributed by atoms with Crippen LogP contribution in [0.4, 0.5) is 10.2 Å². The van der Waals surface area contributed by atoms with Crippen LogP contribution in [0.1, 0.15) is 0 Å². The highest BCUT2D eigenvalue weighted by molar-refractivity contribution is 7.21. The van der Waals surface area contributed by atoms with E-state index >= 15 is 0 Å². The number of thiazole rings is 1. The lowest BCUT2D eigenvalue weighted by Gasteiger charge is -2.27. The van der Waals surface area contributed by atoms with Gasteiger partial charge in [0.05, 0.1) is 13.2 Å². The fourth-order valence-electron chi connectivity index (χ4n) is 2.40. The molecule has 0 aliphatic carbocycles. The summed E-state index contributed by atoms with van der Waals surface area (Å²) in [5, 5.41) is 0.894. The Morgan fingerprint density at radius 1 is 1.17 bits per heavy atom. The number of morpholine rings is 1. The normalized spacial score (nSPS) is 15.3. The molecule has 0 spiro atoms. The molecule has 0 radical (unpaired) electrons. The van der Waals surface area contributed by atoms with Crippen molar-refractivity contribution in [2.24, 2.45) is 0 Å². The zero-order chi connectivity index (χ0) is 15.8. The molecule has 0 unspecified atom stereocenters. The first-order valence-corrected chi connectivity index (χ1v) is 8.19. The topological polar surface area (TPSA) is 64.0 Å². The third kappa shape index (κ3) is 2.85. The van der Waals surface area contributed by atoms with Crippen LogP contribution in [0.2, 0.25) is 5.28 Å². The Morgan fingerprint density at radius 2 is 2.00 bits per heavy atom. The number of ether oxygens (including phenoxy) is 1. The highest BCUT2D eigenvalue weighted by Crippen LogP contribution is 2.34. The molecule has 3 aromatic heterocycles. The Morgan fingerprint density at radius 3 is 2.74 bits per heavy atom. The van der Waals surface area contributed by atoms with E-state index in [9.17, 15) is 4.39 Å². The lowest BCUT2D eigenvalue weighted by Crippen LogP contribution is -2.37. The summed E-state index contributed by atoms with van der Waals surface area (Å²) in [5.74, 6) is 0.188. The van der Waals surface area contributed by atoms with E-state index in [1.807, 2.05) is 0 Å². The van der Waals surface area contributed by atoms with Gasteiger partial charge in [-0.15, -0.1) is 0 Å². The summed E-state index contributed by atoms with van der Waals surface area (Å²) in [6, 6.07) is 2.95. The molecule has 23 heavy (non-hydrogen) atoms. The van der Waals surface area contributed by atoms with E-state index in [2.05, 4.69) is 24.8 Å². The minimum atomic E-state index is -0.522. The molecule has 1 saturated heterocycles. The second kappa shape index (κ2) is 5.95. The molecule has 0 aromatic carbocycles. The van der Waals surface area contributed by atoms with Crippen molar-refractivity contribution in [2.45, 2.75) is 0 Å². The van der Waals surface area contributed by atoms with Crippen molar-refractivity contribution in [3.8, 4) is 10.6 Å². The minimum absolute atomic E-state index is 0.187. The number of halogens is 2. The number of hydrogen-bond acceptors (Lipinski definition) is 7. The van der Waals surface area contributed by atoms with Gasteiger partial charge in [-0.25, -0.2) is 15.0 Å². The van der Waals surface area contributed by atoms with E-state index in [4.69, 9.17) is 16.3 Å². The van der Waals surface area contributed by atoms with E-state index in [1.165, 1.54) is 23.6 Å². The molecule has 0 amide bonds. The van der Waals surface area contributed by atoms with Gasteiger partial charge in [0.1, 0.15) is 10.5 Å². The molecule has 1 fully saturated rings. The summed E-state index contributed by atoms with van der Waals surface area (Å²) in [4.78, 5) is 19.7. The van der Waals surface area contributed by atoms with Crippen molar-refractivity contribution in [3.05, 3.63) is 29.6 Å². The molecule has 3 aromatic rings. The fraction of sp³-hybridized carbons (Fsp3) is 0.286. The van der Waals surface area contributed by atoms with Gasteiger partial charge in [-0.05, 0) is 23.7 Å². The van der Waals surface area contributed by atoms with Crippen LogP contribution in [0.15, 0.2) is 18.3 Å².